The Morgan fingerprint density at radius 2 is 1.34 bits per heavy atom. The van der Waals surface area contributed by atoms with Crippen LogP contribution in [0.2, 0.25) is 0 Å². The topological polar surface area (TPSA) is 99.3 Å². The molecule has 29 heavy (non-hydrogen) atoms. The fourth-order valence-electron chi connectivity index (χ4n) is 2.20. The van der Waals surface area contributed by atoms with Crippen LogP contribution in [0, 0.1) is 0 Å². The second-order valence-electron chi connectivity index (χ2n) is 6.27. The third kappa shape index (κ3) is 8.01. The zero-order chi connectivity index (χ0) is 21.7. The average Bonchev–Trinajstić information content (AvgIpc) is 2.77. The molecule has 0 saturated carbocycles. The second kappa shape index (κ2) is 12.6. The predicted molar refractivity (Wildman–Crippen MR) is 107 cm³/mol. The van der Waals surface area contributed by atoms with Crippen molar-refractivity contribution in [2.24, 2.45) is 4.99 Å². The molecule has 6 nitrogen and oxygen atoms in total. The molecule has 0 unspecified atom stereocenters. The normalized spacial score (nSPS) is 10.4. The van der Waals surface area contributed by atoms with E-state index in [-0.39, 0.29) is 11.5 Å². The summed E-state index contributed by atoms with van der Waals surface area (Å²) in [5.74, 6) is 0.288. The van der Waals surface area contributed by atoms with E-state index in [2.05, 4.69) is 9.88 Å². The average molecular weight is 432 g/mol. The summed E-state index contributed by atoms with van der Waals surface area (Å²) in [6.45, 7) is 3.62. The minimum atomic E-state index is -0.610. The molecule has 3 N–H and O–H groups in total. The van der Waals surface area contributed by atoms with Crippen molar-refractivity contribution < 1.29 is 41.4 Å². The van der Waals surface area contributed by atoms with Gasteiger partial charge in [0.2, 0.25) is 0 Å². The van der Waals surface area contributed by atoms with Gasteiger partial charge in [-0.25, -0.2) is 4.89 Å². The van der Waals surface area contributed by atoms with Crippen molar-refractivity contribution in [3.63, 3.8) is 0 Å². The zero-order valence-corrected chi connectivity index (χ0v) is 17.5. The van der Waals surface area contributed by atoms with Gasteiger partial charge < -0.3 is 10.2 Å². The molecule has 3 rings (SSSR count). The molecule has 3 aromatic rings. The minimum absolute atomic E-state index is 0.120. The maximum atomic E-state index is 9.50. The number of para-hydroxylation sites is 3. The summed E-state index contributed by atoms with van der Waals surface area (Å²) in [7, 11) is 0. The Kier molecular flexibility index (Phi) is 10.6. The van der Waals surface area contributed by atoms with Gasteiger partial charge in [-0.3, -0.25) is 10.2 Å². The summed E-state index contributed by atoms with van der Waals surface area (Å²) in [6, 6.07) is 23.3. The molecule has 0 fully saturated rings. The van der Waals surface area contributed by atoms with Crippen molar-refractivity contribution in [3.05, 3.63) is 90.0 Å². The number of phenols is 2. The van der Waals surface area contributed by atoms with Gasteiger partial charge in [-0.1, -0.05) is 54.6 Å². The van der Waals surface area contributed by atoms with Gasteiger partial charge in [0.1, 0.15) is 22.8 Å². The monoisotopic (exact) mass is 432 g/mol. The third-order valence-corrected chi connectivity index (χ3v) is 3.86. The van der Waals surface area contributed by atoms with Crippen LogP contribution in [0.15, 0.2) is 83.9 Å². The van der Waals surface area contributed by atoms with Crippen molar-refractivity contribution >= 4 is 11.9 Å². The first-order valence-electron chi connectivity index (χ1n) is 8.60. The number of phenolic OH excluding ortho intramolecular Hbond substituents is 2. The van der Waals surface area contributed by atoms with Gasteiger partial charge in [-0.05, 0) is 43.7 Å². The van der Waals surface area contributed by atoms with Gasteiger partial charge in [0, 0.05) is 11.8 Å². The standard InChI is InChI=1S/C13H11NO2.C9H12O2.O.V/c15-12-7-3-1-5-10(12)9-14-11-6-2-4-8-13(11)16;1-9(2,11-10)8-6-4-3-5-7-8;;/h1-9,15-16H;3-7,10H,1-2H3;;. The fraction of sp³-hybridized carbons (Fsp3) is 0.136. The van der Waals surface area contributed by atoms with Crippen LogP contribution in [-0.4, -0.2) is 21.7 Å². The van der Waals surface area contributed by atoms with Gasteiger partial charge in [0.05, 0.1) is 0 Å². The molecule has 0 heterocycles. The molecule has 0 aliphatic carbocycles. The summed E-state index contributed by atoms with van der Waals surface area (Å²) >= 11 is 1.06. The summed E-state index contributed by atoms with van der Waals surface area (Å²) in [4.78, 5) is 8.43. The van der Waals surface area contributed by atoms with Crippen LogP contribution in [0.5, 0.6) is 11.5 Å². The molecular formula is C22H23NO5V. The molecule has 0 saturated heterocycles. The van der Waals surface area contributed by atoms with Crippen LogP contribution in [0.3, 0.4) is 0 Å². The van der Waals surface area contributed by atoms with E-state index in [1.807, 2.05) is 50.2 Å². The van der Waals surface area contributed by atoms with Crippen molar-refractivity contribution in [3.8, 4) is 11.5 Å². The quantitative estimate of drug-likeness (QED) is 0.301. The molecule has 0 aliphatic heterocycles. The third-order valence-electron chi connectivity index (χ3n) is 3.86. The van der Waals surface area contributed by atoms with E-state index in [0.29, 0.717) is 11.3 Å². The molecule has 151 valence electrons. The number of nitrogens with zero attached hydrogens (tertiary/aromatic N) is 1. The fourth-order valence-corrected chi connectivity index (χ4v) is 2.20. The molecule has 0 bridgehead atoms. The number of benzene rings is 3. The summed E-state index contributed by atoms with van der Waals surface area (Å²) < 4.78 is 8.19. The Labute approximate surface area is 179 Å². The molecule has 7 heteroatoms. The summed E-state index contributed by atoms with van der Waals surface area (Å²) in [6.07, 6.45) is 1.52. The Morgan fingerprint density at radius 3 is 1.90 bits per heavy atom. The first-order chi connectivity index (χ1) is 13.9. The van der Waals surface area contributed by atoms with Crippen molar-refractivity contribution in [1.29, 1.82) is 0 Å². The van der Waals surface area contributed by atoms with Gasteiger partial charge in [-0.2, -0.15) is 0 Å². The Balaban J connectivity index is 0.000000284. The van der Waals surface area contributed by atoms with E-state index in [0.717, 1.165) is 22.9 Å². The number of rotatable bonds is 4. The first kappa shape index (κ1) is 24.3. The molecule has 0 amide bonds. The van der Waals surface area contributed by atoms with Crippen LogP contribution in [-0.2, 0) is 31.5 Å². The van der Waals surface area contributed by atoms with E-state index < -0.39 is 5.60 Å². The van der Waals surface area contributed by atoms with Crippen LogP contribution in [0.25, 0.3) is 0 Å². The molecule has 0 radical (unpaired) electrons. The molecular weight excluding hydrogens is 409 g/mol. The Hall–Kier alpha value is -2.77. The Morgan fingerprint density at radius 1 is 0.828 bits per heavy atom. The van der Waals surface area contributed by atoms with E-state index in [1.165, 1.54) is 6.21 Å². The molecule has 3 aromatic carbocycles. The van der Waals surface area contributed by atoms with E-state index >= 15 is 0 Å². The van der Waals surface area contributed by atoms with Gasteiger partial charge in [0.25, 0.3) is 0 Å². The van der Waals surface area contributed by atoms with Crippen LogP contribution in [0.4, 0.5) is 5.69 Å². The number of hydrogen-bond donors (Lipinski definition) is 3. The van der Waals surface area contributed by atoms with Crippen molar-refractivity contribution in [2.75, 3.05) is 0 Å². The van der Waals surface area contributed by atoms with E-state index in [1.54, 1.807) is 42.5 Å². The number of aromatic hydroxyl groups is 2. The van der Waals surface area contributed by atoms with Crippen LogP contribution < -0.4 is 0 Å². The maximum absolute atomic E-state index is 9.50. The van der Waals surface area contributed by atoms with Crippen molar-refractivity contribution in [1.82, 2.24) is 0 Å². The van der Waals surface area contributed by atoms with Crippen LogP contribution in [0.1, 0.15) is 25.0 Å². The zero-order valence-electron chi connectivity index (χ0n) is 16.1. The van der Waals surface area contributed by atoms with Gasteiger partial charge in [0.15, 0.2) is 0 Å². The van der Waals surface area contributed by atoms with Crippen molar-refractivity contribution in [2.45, 2.75) is 19.4 Å². The second-order valence-corrected chi connectivity index (χ2v) is 6.27. The van der Waals surface area contributed by atoms with E-state index in [4.69, 9.17) is 8.93 Å². The van der Waals surface area contributed by atoms with Gasteiger partial charge >= 0.3 is 21.0 Å². The van der Waals surface area contributed by atoms with E-state index in [9.17, 15) is 10.2 Å². The van der Waals surface area contributed by atoms with Crippen LogP contribution >= 0.6 is 0 Å². The molecule has 0 atom stereocenters. The molecule has 0 aromatic heterocycles. The summed E-state index contributed by atoms with van der Waals surface area (Å²) in [5.41, 5.74) is 1.44. The summed E-state index contributed by atoms with van der Waals surface area (Å²) in [5, 5.41) is 27.5. The SMILES string of the molecule is CC(C)(OO)c1ccccc1.Oc1ccccc1C=Nc1ccccc1O.[O]=[V]. The first-order valence-corrected chi connectivity index (χ1v) is 9.17. The van der Waals surface area contributed by atoms with Gasteiger partial charge in [-0.15, -0.1) is 0 Å². The molecule has 0 spiro atoms. The Bertz CT molecular complexity index is 853. The number of hydrogen-bond acceptors (Lipinski definition) is 6. The predicted octanol–water partition coefficient (Wildman–Crippen LogP) is 5.14. The number of aliphatic imine (C=N–C) groups is 1. The molecule has 0 aliphatic rings.